The number of aryl methyl sites for hydroxylation is 1. The molecule has 1 amide bonds. The molecular weight excluding hydrogens is 300 g/mol. The fourth-order valence-electron chi connectivity index (χ4n) is 2.81. The summed E-state index contributed by atoms with van der Waals surface area (Å²) in [5.41, 5.74) is 3.12. The standard InChI is InChI=1S/C20H22N2O2/c1-14-12-17(16-6-4-3-5-7-16)13-21-20(14)22-19(23)11-10-18-9-8-15(2)24-18/h3-8,12-13,18H,9-11H2,1-2H3,(H,21,22,23). The minimum atomic E-state index is -0.0220. The molecule has 24 heavy (non-hydrogen) atoms. The van der Waals surface area contributed by atoms with Crippen molar-refractivity contribution < 1.29 is 9.53 Å². The number of ether oxygens (including phenoxy) is 1. The van der Waals surface area contributed by atoms with Gasteiger partial charge in [-0.2, -0.15) is 0 Å². The summed E-state index contributed by atoms with van der Waals surface area (Å²) in [6.45, 7) is 3.91. The molecule has 1 aromatic heterocycles. The Balaban J connectivity index is 1.58. The summed E-state index contributed by atoms with van der Waals surface area (Å²) < 4.78 is 5.62. The van der Waals surface area contributed by atoms with Gasteiger partial charge < -0.3 is 10.1 Å². The van der Waals surface area contributed by atoms with E-state index in [-0.39, 0.29) is 12.0 Å². The molecule has 0 bridgehead atoms. The highest BCUT2D eigenvalue weighted by atomic mass is 16.5. The molecule has 4 heteroatoms. The van der Waals surface area contributed by atoms with Crippen LogP contribution in [0, 0.1) is 6.92 Å². The third-order valence-electron chi connectivity index (χ3n) is 4.16. The molecule has 0 saturated heterocycles. The lowest BCUT2D eigenvalue weighted by molar-refractivity contribution is -0.116. The van der Waals surface area contributed by atoms with Crippen LogP contribution in [0.4, 0.5) is 5.82 Å². The second kappa shape index (κ2) is 7.30. The summed E-state index contributed by atoms with van der Waals surface area (Å²) in [6, 6.07) is 12.1. The quantitative estimate of drug-likeness (QED) is 0.883. The number of anilines is 1. The van der Waals surface area contributed by atoms with E-state index in [1.165, 1.54) is 0 Å². The van der Waals surface area contributed by atoms with Gasteiger partial charge in [-0.1, -0.05) is 30.3 Å². The van der Waals surface area contributed by atoms with Crippen molar-refractivity contribution in [1.82, 2.24) is 4.98 Å². The second-order valence-corrected chi connectivity index (χ2v) is 6.13. The Labute approximate surface area is 142 Å². The zero-order valence-electron chi connectivity index (χ0n) is 14.1. The monoisotopic (exact) mass is 322 g/mol. The molecule has 1 atom stereocenters. The number of nitrogens with zero attached hydrogens (tertiary/aromatic N) is 1. The topological polar surface area (TPSA) is 51.2 Å². The molecule has 3 rings (SSSR count). The van der Waals surface area contributed by atoms with E-state index >= 15 is 0 Å². The number of hydrogen-bond donors (Lipinski definition) is 1. The van der Waals surface area contributed by atoms with Crippen LogP contribution in [0.3, 0.4) is 0 Å². The number of amides is 1. The molecule has 1 aliphatic rings. The first kappa shape index (κ1) is 16.2. The van der Waals surface area contributed by atoms with E-state index in [9.17, 15) is 4.79 Å². The number of nitrogens with one attached hydrogen (secondary N) is 1. The van der Waals surface area contributed by atoms with Crippen molar-refractivity contribution >= 4 is 11.7 Å². The van der Waals surface area contributed by atoms with Gasteiger partial charge in [-0.3, -0.25) is 4.79 Å². The minimum Gasteiger partial charge on any atom is -0.495 e. The largest absolute Gasteiger partial charge is 0.495 e. The maximum Gasteiger partial charge on any atom is 0.225 e. The highest BCUT2D eigenvalue weighted by molar-refractivity contribution is 5.90. The van der Waals surface area contributed by atoms with Gasteiger partial charge in [0.05, 0.1) is 5.76 Å². The molecule has 0 fully saturated rings. The van der Waals surface area contributed by atoms with Gasteiger partial charge >= 0.3 is 0 Å². The smallest absolute Gasteiger partial charge is 0.225 e. The minimum absolute atomic E-state index is 0.0220. The van der Waals surface area contributed by atoms with Gasteiger partial charge in [0.15, 0.2) is 0 Å². The van der Waals surface area contributed by atoms with Crippen molar-refractivity contribution in [2.24, 2.45) is 0 Å². The van der Waals surface area contributed by atoms with Crippen LogP contribution in [0.15, 0.2) is 54.4 Å². The Hall–Kier alpha value is -2.62. The Kier molecular flexibility index (Phi) is 4.94. The summed E-state index contributed by atoms with van der Waals surface area (Å²) in [5, 5.41) is 2.90. The first-order chi connectivity index (χ1) is 11.6. The Morgan fingerprint density at radius 2 is 2.04 bits per heavy atom. The average molecular weight is 322 g/mol. The number of carbonyl (C=O) groups excluding carboxylic acids is 1. The first-order valence-corrected chi connectivity index (χ1v) is 8.27. The van der Waals surface area contributed by atoms with E-state index in [1.807, 2.05) is 50.2 Å². The molecule has 0 saturated carbocycles. The Morgan fingerprint density at radius 3 is 2.71 bits per heavy atom. The third-order valence-corrected chi connectivity index (χ3v) is 4.16. The van der Waals surface area contributed by atoms with E-state index in [2.05, 4.69) is 16.4 Å². The highest BCUT2D eigenvalue weighted by Gasteiger charge is 2.17. The van der Waals surface area contributed by atoms with Gasteiger partial charge in [-0.25, -0.2) is 4.98 Å². The van der Waals surface area contributed by atoms with Gasteiger partial charge in [-0.15, -0.1) is 0 Å². The number of carbonyl (C=O) groups is 1. The zero-order chi connectivity index (χ0) is 16.9. The summed E-state index contributed by atoms with van der Waals surface area (Å²) in [6.07, 6.45) is 6.04. The number of benzene rings is 1. The SMILES string of the molecule is CC1=CCC(CCC(=O)Nc2ncc(-c3ccccc3)cc2C)O1. The fourth-order valence-corrected chi connectivity index (χ4v) is 2.81. The maximum absolute atomic E-state index is 12.1. The van der Waals surface area contributed by atoms with Gasteiger partial charge in [0.25, 0.3) is 0 Å². The van der Waals surface area contributed by atoms with Crippen LogP contribution in [0.25, 0.3) is 11.1 Å². The summed E-state index contributed by atoms with van der Waals surface area (Å²) in [5.74, 6) is 1.56. The Bertz CT molecular complexity index is 753. The normalized spacial score (nSPS) is 16.4. The van der Waals surface area contributed by atoms with E-state index in [1.54, 1.807) is 6.20 Å². The van der Waals surface area contributed by atoms with Gasteiger partial charge in [0, 0.05) is 24.6 Å². The lowest BCUT2D eigenvalue weighted by atomic mass is 10.1. The number of allylic oxidation sites excluding steroid dienone is 1. The highest BCUT2D eigenvalue weighted by Crippen LogP contribution is 2.23. The van der Waals surface area contributed by atoms with Crippen molar-refractivity contribution in [3.8, 4) is 11.1 Å². The molecule has 1 N–H and O–H groups in total. The molecule has 1 unspecified atom stereocenters. The lowest BCUT2D eigenvalue weighted by Crippen LogP contribution is -2.16. The molecular formula is C20H22N2O2. The maximum atomic E-state index is 12.1. The van der Waals surface area contributed by atoms with Gasteiger partial charge in [0.1, 0.15) is 11.9 Å². The van der Waals surface area contributed by atoms with Crippen LogP contribution < -0.4 is 5.32 Å². The molecule has 1 aromatic carbocycles. The lowest BCUT2D eigenvalue weighted by Gasteiger charge is -2.12. The number of hydrogen-bond acceptors (Lipinski definition) is 3. The van der Waals surface area contributed by atoms with Crippen molar-refractivity contribution in [2.75, 3.05) is 5.32 Å². The van der Waals surface area contributed by atoms with Crippen LogP contribution >= 0.6 is 0 Å². The van der Waals surface area contributed by atoms with E-state index in [4.69, 9.17) is 4.74 Å². The molecule has 2 aromatic rings. The fraction of sp³-hybridized carbons (Fsp3) is 0.300. The van der Waals surface area contributed by atoms with Crippen molar-refractivity contribution in [3.63, 3.8) is 0 Å². The molecule has 1 aliphatic heterocycles. The third kappa shape index (κ3) is 4.02. The molecule has 0 aliphatic carbocycles. The second-order valence-electron chi connectivity index (χ2n) is 6.13. The van der Waals surface area contributed by atoms with Crippen molar-refractivity contribution in [3.05, 3.63) is 60.0 Å². The number of pyridine rings is 1. The molecule has 124 valence electrons. The number of rotatable bonds is 5. The van der Waals surface area contributed by atoms with Crippen LogP contribution in [0.1, 0.15) is 31.7 Å². The summed E-state index contributed by atoms with van der Waals surface area (Å²) in [7, 11) is 0. The predicted octanol–water partition coefficient (Wildman–Crippen LogP) is 4.47. The van der Waals surface area contributed by atoms with Crippen LogP contribution in [0.5, 0.6) is 0 Å². The van der Waals surface area contributed by atoms with Crippen molar-refractivity contribution in [2.45, 2.75) is 39.2 Å². The van der Waals surface area contributed by atoms with Crippen LogP contribution in [0.2, 0.25) is 0 Å². The molecule has 0 radical (unpaired) electrons. The summed E-state index contributed by atoms with van der Waals surface area (Å²) >= 11 is 0. The number of aromatic nitrogens is 1. The zero-order valence-corrected chi connectivity index (χ0v) is 14.1. The van der Waals surface area contributed by atoms with E-state index in [0.717, 1.165) is 35.3 Å². The molecule has 4 nitrogen and oxygen atoms in total. The van der Waals surface area contributed by atoms with Crippen LogP contribution in [-0.2, 0) is 9.53 Å². The Morgan fingerprint density at radius 1 is 1.25 bits per heavy atom. The van der Waals surface area contributed by atoms with E-state index < -0.39 is 0 Å². The van der Waals surface area contributed by atoms with Crippen molar-refractivity contribution in [1.29, 1.82) is 0 Å². The summed E-state index contributed by atoms with van der Waals surface area (Å²) in [4.78, 5) is 16.5. The van der Waals surface area contributed by atoms with Gasteiger partial charge in [0.2, 0.25) is 5.91 Å². The van der Waals surface area contributed by atoms with Gasteiger partial charge in [-0.05, 0) is 43.5 Å². The van der Waals surface area contributed by atoms with Crippen LogP contribution in [-0.4, -0.2) is 17.0 Å². The molecule has 0 spiro atoms. The molecule has 2 heterocycles. The van der Waals surface area contributed by atoms with E-state index in [0.29, 0.717) is 12.2 Å². The predicted molar refractivity (Wildman–Crippen MR) is 95.5 cm³/mol. The average Bonchev–Trinajstić information content (AvgIpc) is 3.01. The first-order valence-electron chi connectivity index (χ1n) is 8.27.